The lowest BCUT2D eigenvalue weighted by atomic mass is 10.0. The van der Waals surface area contributed by atoms with E-state index >= 15 is 0 Å². The number of carbonyl (C=O) groups is 2. The first-order valence-corrected chi connectivity index (χ1v) is 12.5. The van der Waals surface area contributed by atoms with E-state index in [1.165, 1.54) is 0 Å². The second-order valence-electron chi connectivity index (χ2n) is 8.77. The van der Waals surface area contributed by atoms with E-state index < -0.39 is 24.1 Å². The van der Waals surface area contributed by atoms with Crippen LogP contribution in [0.3, 0.4) is 0 Å². The molecule has 6 nitrogen and oxygen atoms in total. The molecule has 0 N–H and O–H groups in total. The Balaban J connectivity index is 1.59. The van der Waals surface area contributed by atoms with Crippen molar-refractivity contribution in [1.82, 2.24) is 0 Å². The molecule has 39 heavy (non-hydrogen) atoms. The van der Waals surface area contributed by atoms with Crippen molar-refractivity contribution in [1.29, 1.82) is 0 Å². The normalized spacial score (nSPS) is 12.1. The van der Waals surface area contributed by atoms with E-state index in [2.05, 4.69) is 13.2 Å². The van der Waals surface area contributed by atoms with Gasteiger partial charge in [-0.2, -0.15) is 0 Å². The number of hydrogen-bond acceptors (Lipinski definition) is 6. The summed E-state index contributed by atoms with van der Waals surface area (Å²) in [4.78, 5) is 24.0. The topological polar surface area (TPSA) is 71.1 Å². The summed E-state index contributed by atoms with van der Waals surface area (Å²) in [5.74, 6) is 0.236. The maximum atomic E-state index is 12.0. The highest BCUT2D eigenvalue weighted by Crippen LogP contribution is 2.38. The van der Waals surface area contributed by atoms with Gasteiger partial charge in [-0.15, -0.1) is 0 Å². The number of esters is 2. The molecule has 0 aliphatic heterocycles. The minimum Gasteiger partial charge on any atom is -0.489 e. The molecule has 0 aromatic heterocycles. The molecule has 4 aromatic carbocycles. The highest BCUT2D eigenvalue weighted by Gasteiger charge is 2.21. The van der Waals surface area contributed by atoms with Crippen molar-refractivity contribution in [2.75, 3.05) is 13.2 Å². The zero-order valence-electron chi connectivity index (χ0n) is 21.7. The van der Waals surface area contributed by atoms with Crippen LogP contribution in [0.2, 0.25) is 0 Å². The molecule has 2 unspecified atom stereocenters. The van der Waals surface area contributed by atoms with E-state index in [1.54, 1.807) is 0 Å². The number of carbonyl (C=O) groups excluding carboxylic acids is 2. The predicted octanol–water partition coefficient (Wildman–Crippen LogP) is 6.85. The van der Waals surface area contributed by atoms with E-state index in [0.29, 0.717) is 11.5 Å². The van der Waals surface area contributed by atoms with E-state index in [4.69, 9.17) is 18.9 Å². The quantitative estimate of drug-likeness (QED) is 0.150. The van der Waals surface area contributed by atoms with Gasteiger partial charge in [0.15, 0.2) is 12.2 Å². The van der Waals surface area contributed by atoms with Gasteiger partial charge in [-0.05, 0) is 29.7 Å². The Labute approximate surface area is 228 Å². The summed E-state index contributed by atoms with van der Waals surface area (Å²) >= 11 is 0. The first-order valence-electron chi connectivity index (χ1n) is 12.5. The fourth-order valence-electron chi connectivity index (χ4n) is 4.19. The Morgan fingerprint density at radius 2 is 1.15 bits per heavy atom. The molecule has 4 rings (SSSR count). The lowest BCUT2D eigenvalue weighted by Gasteiger charge is -2.22. The number of aryl methyl sites for hydroxylation is 1. The van der Waals surface area contributed by atoms with Gasteiger partial charge in [0.05, 0.1) is 0 Å². The molecule has 2 atom stereocenters. The SMILES string of the molecule is C=CC(=O)OC(COc1cc(C)c(OCC(OC(=O)C=C)c2ccccc2)c2ccccc12)c1ccccc1. The summed E-state index contributed by atoms with van der Waals surface area (Å²) in [7, 11) is 0. The van der Waals surface area contributed by atoms with Gasteiger partial charge in [-0.3, -0.25) is 0 Å². The van der Waals surface area contributed by atoms with Gasteiger partial charge in [0.25, 0.3) is 0 Å². The minimum atomic E-state index is -0.614. The highest BCUT2D eigenvalue weighted by atomic mass is 16.6. The van der Waals surface area contributed by atoms with Gasteiger partial charge in [-0.25, -0.2) is 9.59 Å². The molecule has 0 saturated carbocycles. The largest absolute Gasteiger partial charge is 0.489 e. The standard InChI is InChI=1S/C33H30O6/c1-4-31(34)38-29(24-14-8-6-9-15-24)21-36-28-20-23(3)33(27-19-13-12-18-26(27)28)37-22-30(39-32(35)5-2)25-16-10-7-11-17-25/h4-20,29-30H,1-2,21-22H2,3H3. The molecule has 0 spiro atoms. The van der Waals surface area contributed by atoms with Crippen molar-refractivity contribution >= 4 is 22.7 Å². The molecular weight excluding hydrogens is 492 g/mol. The Kier molecular flexibility index (Phi) is 9.14. The summed E-state index contributed by atoms with van der Waals surface area (Å²) in [6.45, 7) is 9.14. The third kappa shape index (κ3) is 6.93. The molecule has 0 bridgehead atoms. The molecule has 0 saturated heterocycles. The van der Waals surface area contributed by atoms with Gasteiger partial charge < -0.3 is 18.9 Å². The first kappa shape index (κ1) is 27.2. The van der Waals surface area contributed by atoms with Crippen LogP contribution in [0.5, 0.6) is 11.5 Å². The number of fused-ring (bicyclic) bond motifs is 1. The summed E-state index contributed by atoms with van der Waals surface area (Å²) in [5, 5.41) is 1.67. The molecule has 0 aliphatic carbocycles. The molecule has 198 valence electrons. The van der Waals surface area contributed by atoms with Crippen molar-refractivity contribution in [2.45, 2.75) is 19.1 Å². The van der Waals surface area contributed by atoms with E-state index in [1.807, 2.05) is 97.9 Å². The number of rotatable bonds is 12. The van der Waals surface area contributed by atoms with Crippen LogP contribution in [-0.4, -0.2) is 25.2 Å². The van der Waals surface area contributed by atoms with Crippen LogP contribution in [0.1, 0.15) is 28.9 Å². The van der Waals surface area contributed by atoms with Crippen molar-refractivity contribution in [2.24, 2.45) is 0 Å². The van der Waals surface area contributed by atoms with E-state index in [9.17, 15) is 9.59 Å². The average molecular weight is 523 g/mol. The number of benzene rings is 4. The fourth-order valence-corrected chi connectivity index (χ4v) is 4.19. The van der Waals surface area contributed by atoms with Crippen LogP contribution >= 0.6 is 0 Å². The van der Waals surface area contributed by atoms with Crippen LogP contribution < -0.4 is 9.47 Å². The monoisotopic (exact) mass is 522 g/mol. The van der Waals surface area contributed by atoms with Crippen molar-refractivity contribution in [3.8, 4) is 11.5 Å². The van der Waals surface area contributed by atoms with Gasteiger partial charge in [0.1, 0.15) is 24.7 Å². The summed E-state index contributed by atoms with van der Waals surface area (Å²) < 4.78 is 23.7. The third-order valence-corrected chi connectivity index (χ3v) is 6.11. The molecule has 0 fully saturated rings. The molecule has 0 amide bonds. The minimum absolute atomic E-state index is 0.112. The zero-order valence-corrected chi connectivity index (χ0v) is 21.7. The van der Waals surface area contributed by atoms with Gasteiger partial charge in [-0.1, -0.05) is 98.1 Å². The van der Waals surface area contributed by atoms with Crippen LogP contribution in [0.4, 0.5) is 0 Å². The number of hydrogen-bond donors (Lipinski definition) is 0. The van der Waals surface area contributed by atoms with Crippen molar-refractivity contribution in [3.63, 3.8) is 0 Å². The lowest BCUT2D eigenvalue weighted by molar-refractivity contribution is -0.145. The van der Waals surface area contributed by atoms with Crippen LogP contribution in [0.25, 0.3) is 10.8 Å². The van der Waals surface area contributed by atoms with Crippen molar-refractivity contribution in [3.05, 3.63) is 133 Å². The van der Waals surface area contributed by atoms with E-state index in [-0.39, 0.29) is 13.2 Å². The fraction of sp³-hybridized carbons (Fsp3) is 0.152. The Bertz CT molecular complexity index is 1450. The van der Waals surface area contributed by atoms with Gasteiger partial charge in [0.2, 0.25) is 0 Å². The Morgan fingerprint density at radius 1 is 0.692 bits per heavy atom. The summed E-state index contributed by atoms with van der Waals surface area (Å²) in [5.41, 5.74) is 2.47. The van der Waals surface area contributed by atoms with Crippen LogP contribution in [-0.2, 0) is 19.1 Å². The summed E-state index contributed by atoms with van der Waals surface area (Å²) in [6, 6.07) is 28.5. The van der Waals surface area contributed by atoms with Crippen LogP contribution in [0.15, 0.2) is 116 Å². The molecule has 6 heteroatoms. The number of ether oxygens (including phenoxy) is 4. The summed E-state index contributed by atoms with van der Waals surface area (Å²) in [6.07, 6.45) is 1.05. The Morgan fingerprint density at radius 3 is 1.67 bits per heavy atom. The van der Waals surface area contributed by atoms with Gasteiger partial charge >= 0.3 is 11.9 Å². The lowest BCUT2D eigenvalue weighted by Crippen LogP contribution is -2.18. The average Bonchev–Trinajstić information content (AvgIpc) is 2.98. The second kappa shape index (κ2) is 13.1. The smallest absolute Gasteiger partial charge is 0.330 e. The molecular formula is C33H30O6. The molecule has 0 radical (unpaired) electrons. The zero-order chi connectivity index (χ0) is 27.6. The first-order chi connectivity index (χ1) is 19.0. The second-order valence-corrected chi connectivity index (χ2v) is 8.77. The highest BCUT2D eigenvalue weighted by molar-refractivity contribution is 5.94. The predicted molar refractivity (Wildman–Crippen MR) is 151 cm³/mol. The Hall–Kier alpha value is -4.84. The van der Waals surface area contributed by atoms with Crippen molar-refractivity contribution < 1.29 is 28.5 Å². The molecule has 0 heterocycles. The van der Waals surface area contributed by atoms with Crippen LogP contribution in [0, 0.1) is 6.92 Å². The molecule has 0 aliphatic rings. The third-order valence-electron chi connectivity index (χ3n) is 6.11. The molecule has 4 aromatic rings. The van der Waals surface area contributed by atoms with E-state index in [0.717, 1.165) is 39.6 Å². The van der Waals surface area contributed by atoms with Gasteiger partial charge in [0, 0.05) is 22.9 Å². The maximum Gasteiger partial charge on any atom is 0.330 e. The maximum absolute atomic E-state index is 12.0.